The zero-order valence-corrected chi connectivity index (χ0v) is 16.7. The predicted molar refractivity (Wildman–Crippen MR) is 108 cm³/mol. The normalized spacial score (nSPS) is 20.0. The Hall–Kier alpha value is -2.12. The molecular weight excluding hydrogens is 379 g/mol. The van der Waals surface area contributed by atoms with Gasteiger partial charge < -0.3 is 9.36 Å². The minimum absolute atomic E-state index is 0.165. The average molecular weight is 402 g/mol. The third-order valence-corrected chi connectivity index (χ3v) is 7.54. The first-order valence-corrected chi connectivity index (χ1v) is 10.9. The third-order valence-electron chi connectivity index (χ3n) is 4.84. The first kappa shape index (κ1) is 19.2. The van der Waals surface area contributed by atoms with Crippen molar-refractivity contribution >= 4 is 19.1 Å². The van der Waals surface area contributed by atoms with Gasteiger partial charge in [-0.05, 0) is 48.2 Å². The van der Waals surface area contributed by atoms with Gasteiger partial charge in [0, 0.05) is 26.2 Å². The Balaban J connectivity index is 1.46. The van der Waals surface area contributed by atoms with Crippen molar-refractivity contribution in [2.24, 2.45) is 10.3 Å². The fraction of sp³-hybridized carbons (Fsp3) is 0.421. The molecule has 0 atom stereocenters. The van der Waals surface area contributed by atoms with Gasteiger partial charge in [-0.3, -0.25) is 4.57 Å². The smallest absolute Gasteiger partial charge is 0.346 e. The number of oxime groups is 1. The van der Waals surface area contributed by atoms with Crippen molar-refractivity contribution in [3.8, 4) is 5.75 Å². The van der Waals surface area contributed by atoms with E-state index in [2.05, 4.69) is 16.4 Å². The van der Waals surface area contributed by atoms with Crippen molar-refractivity contribution in [1.82, 2.24) is 9.34 Å². The van der Waals surface area contributed by atoms with Crippen molar-refractivity contribution in [3.05, 3.63) is 52.5 Å². The molecule has 1 aromatic rings. The van der Waals surface area contributed by atoms with Crippen LogP contribution in [0.15, 0.2) is 52.3 Å². The molecule has 0 radical (unpaired) electrons. The van der Waals surface area contributed by atoms with Gasteiger partial charge in [0.25, 0.3) is 0 Å². The standard InChI is InChI=1S/C19H23N4O4P/c1-15(17-5-3-2-4-6-17)21-27-19-13-16(7-8-18(19)20-24)14-26-28(25,22-9-10-22)23-11-12-23/h2-3,5,7-8,13H,4,6,9-12,14H2,1H3/b21-15+. The molecule has 2 aliphatic heterocycles. The maximum absolute atomic E-state index is 13.0. The Bertz CT molecular complexity index is 887. The summed E-state index contributed by atoms with van der Waals surface area (Å²) in [6.45, 7) is 5.24. The minimum Gasteiger partial charge on any atom is -0.354 e. The predicted octanol–water partition coefficient (Wildman–Crippen LogP) is 4.37. The van der Waals surface area contributed by atoms with Crippen LogP contribution in [0.1, 0.15) is 25.3 Å². The molecular formula is C19H23N4O4P. The summed E-state index contributed by atoms with van der Waals surface area (Å²) in [5.41, 5.74) is 2.77. The summed E-state index contributed by atoms with van der Waals surface area (Å²) in [5, 5.41) is 7.16. The summed E-state index contributed by atoms with van der Waals surface area (Å²) in [7, 11) is -2.89. The molecule has 0 aromatic heterocycles. The highest BCUT2D eigenvalue weighted by Gasteiger charge is 2.49. The van der Waals surface area contributed by atoms with Gasteiger partial charge in [0.15, 0.2) is 11.4 Å². The van der Waals surface area contributed by atoms with Crippen LogP contribution >= 0.6 is 7.67 Å². The van der Waals surface area contributed by atoms with E-state index in [1.165, 1.54) is 0 Å². The van der Waals surface area contributed by atoms with Gasteiger partial charge in [-0.15, -0.1) is 4.91 Å². The van der Waals surface area contributed by atoms with E-state index in [1.807, 2.05) is 28.4 Å². The van der Waals surface area contributed by atoms with E-state index in [-0.39, 0.29) is 18.0 Å². The Morgan fingerprint density at radius 2 is 1.96 bits per heavy atom. The van der Waals surface area contributed by atoms with Crippen molar-refractivity contribution in [2.45, 2.75) is 26.4 Å². The summed E-state index contributed by atoms with van der Waals surface area (Å²) in [6, 6.07) is 4.95. The lowest BCUT2D eigenvalue weighted by Gasteiger charge is -2.19. The number of allylic oxidation sites excluding steroid dienone is 4. The van der Waals surface area contributed by atoms with Gasteiger partial charge in [-0.2, -0.15) is 0 Å². The molecule has 1 aliphatic carbocycles. The molecule has 2 heterocycles. The summed E-state index contributed by atoms with van der Waals surface area (Å²) in [5.74, 6) is 0.260. The molecule has 0 amide bonds. The average Bonchev–Trinajstić information content (AvgIpc) is 3.62. The van der Waals surface area contributed by atoms with Crippen LogP contribution in [0.4, 0.5) is 5.69 Å². The molecule has 0 unspecified atom stereocenters. The SMILES string of the molecule is C/C(=N\Oc1cc(COP(=O)(N2CC2)N2CC2)ccc1N=O)C1=CC=CCC1. The molecule has 4 rings (SSSR count). The summed E-state index contributed by atoms with van der Waals surface area (Å²) in [6.07, 6.45) is 7.99. The number of hydrogen-bond acceptors (Lipinski definition) is 6. The van der Waals surface area contributed by atoms with Gasteiger partial charge in [-0.1, -0.05) is 29.5 Å². The highest BCUT2D eigenvalue weighted by atomic mass is 31.2. The number of hydrogen-bond donors (Lipinski definition) is 0. The van der Waals surface area contributed by atoms with Crippen molar-refractivity contribution in [3.63, 3.8) is 0 Å². The van der Waals surface area contributed by atoms with E-state index in [1.54, 1.807) is 18.2 Å². The first-order chi connectivity index (χ1) is 13.6. The summed E-state index contributed by atoms with van der Waals surface area (Å²) in [4.78, 5) is 16.6. The van der Waals surface area contributed by atoms with Crippen LogP contribution in [0.2, 0.25) is 0 Å². The maximum Gasteiger partial charge on any atom is 0.346 e. The molecule has 2 fully saturated rings. The minimum atomic E-state index is -2.89. The monoisotopic (exact) mass is 402 g/mol. The van der Waals surface area contributed by atoms with Gasteiger partial charge in [0.1, 0.15) is 0 Å². The van der Waals surface area contributed by atoms with Crippen LogP contribution in [0.25, 0.3) is 0 Å². The topological polar surface area (TPSA) is 83.3 Å². The largest absolute Gasteiger partial charge is 0.354 e. The number of nitrogens with zero attached hydrogens (tertiary/aromatic N) is 4. The molecule has 2 saturated heterocycles. The molecule has 0 saturated carbocycles. The van der Waals surface area contributed by atoms with E-state index in [0.717, 1.165) is 55.9 Å². The van der Waals surface area contributed by atoms with Crippen LogP contribution in [0.3, 0.4) is 0 Å². The molecule has 0 N–H and O–H groups in total. The molecule has 0 bridgehead atoms. The van der Waals surface area contributed by atoms with E-state index in [0.29, 0.717) is 0 Å². The fourth-order valence-electron chi connectivity index (χ4n) is 2.97. The fourth-order valence-corrected chi connectivity index (χ4v) is 5.16. The van der Waals surface area contributed by atoms with Crippen LogP contribution < -0.4 is 4.84 Å². The quantitative estimate of drug-likeness (QED) is 0.201. The van der Waals surface area contributed by atoms with Gasteiger partial charge in [0.05, 0.1) is 12.3 Å². The van der Waals surface area contributed by atoms with Crippen LogP contribution in [0, 0.1) is 4.91 Å². The zero-order valence-electron chi connectivity index (χ0n) is 15.8. The van der Waals surface area contributed by atoms with Crippen molar-refractivity contribution < 1.29 is 13.9 Å². The molecule has 3 aliphatic rings. The van der Waals surface area contributed by atoms with E-state index in [9.17, 15) is 9.47 Å². The number of benzene rings is 1. The van der Waals surface area contributed by atoms with Gasteiger partial charge in [0.2, 0.25) is 0 Å². The third kappa shape index (κ3) is 4.31. The highest BCUT2D eigenvalue weighted by Crippen LogP contribution is 2.61. The van der Waals surface area contributed by atoms with E-state index < -0.39 is 7.67 Å². The lowest BCUT2D eigenvalue weighted by molar-refractivity contribution is 0.262. The van der Waals surface area contributed by atoms with Crippen LogP contribution in [-0.2, 0) is 15.7 Å². The number of rotatable bonds is 9. The van der Waals surface area contributed by atoms with Crippen molar-refractivity contribution in [1.29, 1.82) is 0 Å². The van der Waals surface area contributed by atoms with Gasteiger partial charge in [-0.25, -0.2) is 9.34 Å². The molecule has 148 valence electrons. The summed E-state index contributed by atoms with van der Waals surface area (Å²) >= 11 is 0. The Morgan fingerprint density at radius 1 is 1.21 bits per heavy atom. The highest BCUT2D eigenvalue weighted by molar-refractivity contribution is 7.54. The Kier molecular flexibility index (Phi) is 5.55. The lowest BCUT2D eigenvalue weighted by atomic mass is 10.0. The molecule has 28 heavy (non-hydrogen) atoms. The molecule has 9 heteroatoms. The maximum atomic E-state index is 13.0. The number of nitroso groups, excluding NO2 is 1. The Labute approximate surface area is 164 Å². The van der Waals surface area contributed by atoms with E-state index in [4.69, 9.17) is 9.36 Å². The summed E-state index contributed by atoms with van der Waals surface area (Å²) < 4.78 is 22.5. The van der Waals surface area contributed by atoms with Crippen LogP contribution in [0.5, 0.6) is 5.75 Å². The molecule has 1 aromatic carbocycles. The molecule has 0 spiro atoms. The zero-order chi connectivity index (χ0) is 19.6. The lowest BCUT2D eigenvalue weighted by Crippen LogP contribution is -2.08. The van der Waals surface area contributed by atoms with Crippen molar-refractivity contribution in [2.75, 3.05) is 26.2 Å². The van der Waals surface area contributed by atoms with Gasteiger partial charge >= 0.3 is 7.67 Å². The second kappa shape index (κ2) is 8.09. The second-order valence-corrected chi connectivity index (χ2v) is 9.36. The first-order valence-electron chi connectivity index (χ1n) is 9.39. The Morgan fingerprint density at radius 3 is 2.57 bits per heavy atom. The second-order valence-electron chi connectivity index (χ2n) is 6.99. The molecule has 8 nitrogen and oxygen atoms in total. The van der Waals surface area contributed by atoms with Crippen LogP contribution in [-0.4, -0.2) is 41.2 Å². The van der Waals surface area contributed by atoms with E-state index >= 15 is 0 Å².